The Kier molecular flexibility index (Phi) is 4.04. The van der Waals surface area contributed by atoms with Crippen molar-refractivity contribution >= 4 is 17.5 Å². The Morgan fingerprint density at radius 2 is 2.00 bits per heavy atom. The summed E-state index contributed by atoms with van der Waals surface area (Å²) in [5, 5.41) is 2.66. The lowest BCUT2D eigenvalue weighted by Crippen LogP contribution is -2.42. The van der Waals surface area contributed by atoms with Crippen molar-refractivity contribution in [2.45, 2.75) is 12.8 Å². The van der Waals surface area contributed by atoms with Gasteiger partial charge >= 0.3 is 0 Å². The van der Waals surface area contributed by atoms with Crippen LogP contribution in [0.25, 0.3) is 0 Å². The van der Waals surface area contributed by atoms with Gasteiger partial charge in [0, 0.05) is 37.3 Å². The van der Waals surface area contributed by atoms with Gasteiger partial charge in [-0.2, -0.15) is 0 Å². The van der Waals surface area contributed by atoms with Crippen LogP contribution in [0.3, 0.4) is 0 Å². The Bertz CT molecular complexity index is 479. The van der Waals surface area contributed by atoms with Crippen LogP contribution in [-0.4, -0.2) is 36.9 Å². The van der Waals surface area contributed by atoms with E-state index in [1.165, 1.54) is 0 Å². The molecule has 1 aromatic carbocycles. The molecule has 1 aromatic rings. The van der Waals surface area contributed by atoms with E-state index >= 15 is 0 Å². The van der Waals surface area contributed by atoms with Crippen LogP contribution in [0.1, 0.15) is 23.2 Å². The summed E-state index contributed by atoms with van der Waals surface area (Å²) in [6.07, 6.45) is 1.43. The molecule has 0 radical (unpaired) electrons. The van der Waals surface area contributed by atoms with Crippen LogP contribution >= 0.6 is 0 Å². The quantitative estimate of drug-likeness (QED) is 0.776. The zero-order valence-electron chi connectivity index (χ0n) is 11.1. The lowest BCUT2D eigenvalue weighted by molar-refractivity contribution is -0.125. The Labute approximate surface area is 112 Å². The van der Waals surface area contributed by atoms with Crippen molar-refractivity contribution in [3.8, 4) is 0 Å². The molecule has 2 amide bonds. The maximum atomic E-state index is 12.3. The topological polar surface area (TPSA) is 75.4 Å². The molecule has 2 rings (SSSR count). The Balaban J connectivity index is 1.98. The van der Waals surface area contributed by atoms with Crippen LogP contribution in [0.5, 0.6) is 0 Å². The number of benzene rings is 1. The highest BCUT2D eigenvalue weighted by atomic mass is 16.2. The number of carbonyl (C=O) groups excluding carboxylic acids is 2. The summed E-state index contributed by atoms with van der Waals surface area (Å²) >= 11 is 0. The molecule has 0 unspecified atom stereocenters. The molecule has 0 saturated carbocycles. The number of likely N-dealkylation sites (tertiary alicyclic amines) is 1. The monoisotopic (exact) mass is 261 g/mol. The van der Waals surface area contributed by atoms with Crippen LogP contribution < -0.4 is 11.1 Å². The van der Waals surface area contributed by atoms with Crippen molar-refractivity contribution in [2.75, 3.05) is 25.9 Å². The van der Waals surface area contributed by atoms with E-state index < -0.39 is 0 Å². The van der Waals surface area contributed by atoms with Crippen molar-refractivity contribution in [3.05, 3.63) is 29.8 Å². The van der Waals surface area contributed by atoms with E-state index in [4.69, 9.17) is 5.73 Å². The smallest absolute Gasteiger partial charge is 0.253 e. The van der Waals surface area contributed by atoms with E-state index in [2.05, 4.69) is 5.32 Å². The van der Waals surface area contributed by atoms with Gasteiger partial charge in [0.2, 0.25) is 5.91 Å². The SMILES string of the molecule is CNC(=O)C1CCN(C(=O)c2cccc(N)c2)CC1. The van der Waals surface area contributed by atoms with Gasteiger partial charge in [-0.15, -0.1) is 0 Å². The van der Waals surface area contributed by atoms with Crippen LogP contribution in [0.2, 0.25) is 0 Å². The maximum absolute atomic E-state index is 12.3. The molecule has 3 N–H and O–H groups in total. The van der Waals surface area contributed by atoms with Gasteiger partial charge in [0.25, 0.3) is 5.91 Å². The van der Waals surface area contributed by atoms with Gasteiger partial charge in [-0.1, -0.05) is 6.07 Å². The summed E-state index contributed by atoms with van der Waals surface area (Å²) in [5.41, 5.74) is 6.88. The number of nitrogens with zero attached hydrogens (tertiary/aromatic N) is 1. The van der Waals surface area contributed by atoms with Crippen molar-refractivity contribution in [1.29, 1.82) is 0 Å². The second-order valence-corrected chi connectivity index (χ2v) is 4.81. The number of amides is 2. The summed E-state index contributed by atoms with van der Waals surface area (Å²) in [4.78, 5) is 25.6. The minimum absolute atomic E-state index is 0.0114. The van der Waals surface area contributed by atoms with Gasteiger partial charge < -0.3 is 16.0 Å². The number of nitrogen functional groups attached to an aromatic ring is 1. The molecule has 5 nitrogen and oxygen atoms in total. The zero-order valence-corrected chi connectivity index (χ0v) is 11.1. The first-order valence-corrected chi connectivity index (χ1v) is 6.48. The second-order valence-electron chi connectivity index (χ2n) is 4.81. The van der Waals surface area contributed by atoms with E-state index in [-0.39, 0.29) is 17.7 Å². The van der Waals surface area contributed by atoms with Gasteiger partial charge in [-0.25, -0.2) is 0 Å². The highest BCUT2D eigenvalue weighted by Crippen LogP contribution is 2.19. The average Bonchev–Trinajstić information content (AvgIpc) is 2.46. The van der Waals surface area contributed by atoms with Gasteiger partial charge in [-0.3, -0.25) is 9.59 Å². The molecule has 0 atom stereocenters. The first-order chi connectivity index (χ1) is 9.11. The summed E-state index contributed by atoms with van der Waals surface area (Å²) in [5.74, 6) is 0.0774. The van der Waals surface area contributed by atoms with Crippen molar-refractivity contribution < 1.29 is 9.59 Å². The molecule has 0 aromatic heterocycles. The minimum Gasteiger partial charge on any atom is -0.399 e. The summed E-state index contributed by atoms with van der Waals surface area (Å²) in [7, 11) is 1.65. The van der Waals surface area contributed by atoms with Crippen LogP contribution in [0.15, 0.2) is 24.3 Å². The van der Waals surface area contributed by atoms with E-state index in [9.17, 15) is 9.59 Å². The summed E-state index contributed by atoms with van der Waals surface area (Å²) in [6.45, 7) is 1.23. The summed E-state index contributed by atoms with van der Waals surface area (Å²) in [6, 6.07) is 6.99. The standard InChI is InChI=1S/C14H19N3O2/c1-16-13(18)10-5-7-17(8-6-10)14(19)11-3-2-4-12(15)9-11/h2-4,9-10H,5-8,15H2,1H3,(H,16,18). The first kappa shape index (κ1) is 13.4. The second kappa shape index (κ2) is 5.73. The van der Waals surface area contributed by atoms with E-state index in [1.54, 1.807) is 36.2 Å². The van der Waals surface area contributed by atoms with Gasteiger partial charge in [-0.05, 0) is 31.0 Å². The van der Waals surface area contributed by atoms with Crippen LogP contribution in [0, 0.1) is 5.92 Å². The fourth-order valence-corrected chi connectivity index (χ4v) is 2.40. The highest BCUT2D eigenvalue weighted by molar-refractivity contribution is 5.95. The third-order valence-electron chi connectivity index (χ3n) is 3.53. The normalized spacial score (nSPS) is 16.2. The third-order valence-corrected chi connectivity index (χ3v) is 3.53. The number of hydrogen-bond donors (Lipinski definition) is 2. The number of rotatable bonds is 2. The molecular formula is C14H19N3O2. The highest BCUT2D eigenvalue weighted by Gasteiger charge is 2.27. The van der Waals surface area contributed by atoms with Crippen molar-refractivity contribution in [1.82, 2.24) is 10.2 Å². The Hall–Kier alpha value is -2.04. The molecule has 5 heteroatoms. The van der Waals surface area contributed by atoms with E-state index in [1.807, 2.05) is 0 Å². The number of piperidine rings is 1. The number of nitrogens with one attached hydrogen (secondary N) is 1. The molecule has 0 spiro atoms. The van der Waals surface area contributed by atoms with E-state index in [0.29, 0.717) is 37.2 Å². The van der Waals surface area contributed by atoms with E-state index in [0.717, 1.165) is 0 Å². The lowest BCUT2D eigenvalue weighted by Gasteiger charge is -2.31. The molecule has 1 aliphatic rings. The predicted octanol–water partition coefficient (Wildman–Crippen LogP) is 0.867. The fraction of sp³-hybridized carbons (Fsp3) is 0.429. The number of nitrogens with two attached hydrogens (primary N) is 1. The molecular weight excluding hydrogens is 242 g/mol. The van der Waals surface area contributed by atoms with Crippen LogP contribution in [0.4, 0.5) is 5.69 Å². The molecule has 19 heavy (non-hydrogen) atoms. The Morgan fingerprint density at radius 3 is 2.58 bits per heavy atom. The number of anilines is 1. The third kappa shape index (κ3) is 3.05. The zero-order chi connectivity index (χ0) is 13.8. The van der Waals surface area contributed by atoms with Gasteiger partial charge in [0.1, 0.15) is 0 Å². The molecule has 1 fully saturated rings. The average molecular weight is 261 g/mol. The predicted molar refractivity (Wildman–Crippen MR) is 73.5 cm³/mol. The Morgan fingerprint density at radius 1 is 1.32 bits per heavy atom. The number of hydrogen-bond acceptors (Lipinski definition) is 3. The van der Waals surface area contributed by atoms with Gasteiger partial charge in [0.05, 0.1) is 0 Å². The van der Waals surface area contributed by atoms with Crippen molar-refractivity contribution in [3.63, 3.8) is 0 Å². The molecule has 102 valence electrons. The fourth-order valence-electron chi connectivity index (χ4n) is 2.40. The first-order valence-electron chi connectivity index (χ1n) is 6.48. The summed E-state index contributed by atoms with van der Waals surface area (Å²) < 4.78 is 0. The minimum atomic E-state index is -0.0114. The van der Waals surface area contributed by atoms with Gasteiger partial charge in [0.15, 0.2) is 0 Å². The number of carbonyl (C=O) groups is 2. The molecule has 0 bridgehead atoms. The van der Waals surface area contributed by atoms with Crippen LogP contribution in [-0.2, 0) is 4.79 Å². The lowest BCUT2D eigenvalue weighted by atomic mass is 9.95. The molecule has 1 heterocycles. The van der Waals surface area contributed by atoms with Crippen molar-refractivity contribution in [2.24, 2.45) is 5.92 Å². The largest absolute Gasteiger partial charge is 0.399 e. The molecule has 0 aliphatic carbocycles. The molecule has 1 saturated heterocycles. The maximum Gasteiger partial charge on any atom is 0.253 e. The molecule has 1 aliphatic heterocycles.